The SMILES string of the molecule is O=C(c1ccc(COc2cccc(Br)c2)o1)N1CCC(n2ccnc2)CC1. The molecule has 0 saturated carbocycles. The molecule has 1 fully saturated rings. The molecule has 1 aromatic carbocycles. The van der Waals surface area contributed by atoms with E-state index < -0.39 is 0 Å². The molecule has 140 valence electrons. The number of aromatic nitrogens is 2. The molecule has 1 aliphatic rings. The minimum atomic E-state index is -0.0622. The molecule has 2 aromatic heterocycles. The highest BCUT2D eigenvalue weighted by Gasteiger charge is 2.26. The molecule has 0 aliphatic carbocycles. The highest BCUT2D eigenvalue weighted by Crippen LogP contribution is 2.24. The van der Waals surface area contributed by atoms with E-state index >= 15 is 0 Å². The Bertz CT molecular complexity index is 899. The zero-order valence-corrected chi connectivity index (χ0v) is 16.3. The van der Waals surface area contributed by atoms with Gasteiger partial charge in [-0.1, -0.05) is 22.0 Å². The summed E-state index contributed by atoms with van der Waals surface area (Å²) in [6, 6.07) is 11.5. The van der Waals surface area contributed by atoms with E-state index in [9.17, 15) is 4.79 Å². The highest BCUT2D eigenvalue weighted by atomic mass is 79.9. The van der Waals surface area contributed by atoms with Crippen molar-refractivity contribution in [2.24, 2.45) is 0 Å². The van der Waals surface area contributed by atoms with Gasteiger partial charge in [-0.05, 0) is 43.2 Å². The summed E-state index contributed by atoms with van der Waals surface area (Å²) in [5.74, 6) is 1.68. The number of likely N-dealkylation sites (tertiary alicyclic amines) is 1. The maximum Gasteiger partial charge on any atom is 0.289 e. The Kier molecular flexibility index (Phi) is 5.29. The van der Waals surface area contributed by atoms with Crippen LogP contribution in [0, 0.1) is 0 Å². The standard InChI is InChI=1S/C20H20BrN3O3/c21-15-2-1-3-17(12-15)26-13-18-4-5-19(27-18)20(25)23-9-6-16(7-10-23)24-11-8-22-14-24/h1-5,8,11-12,14,16H,6-7,9-10,13H2. The Labute approximate surface area is 165 Å². The van der Waals surface area contributed by atoms with Crippen molar-refractivity contribution in [3.63, 3.8) is 0 Å². The van der Waals surface area contributed by atoms with E-state index in [0.717, 1.165) is 23.1 Å². The van der Waals surface area contributed by atoms with Crippen LogP contribution in [0.25, 0.3) is 0 Å². The predicted molar refractivity (Wildman–Crippen MR) is 104 cm³/mol. The monoisotopic (exact) mass is 429 g/mol. The molecule has 0 unspecified atom stereocenters. The molecule has 3 aromatic rings. The molecule has 0 atom stereocenters. The van der Waals surface area contributed by atoms with Gasteiger partial charge in [0, 0.05) is 36.0 Å². The first-order chi connectivity index (χ1) is 13.2. The van der Waals surface area contributed by atoms with Gasteiger partial charge < -0.3 is 18.6 Å². The zero-order chi connectivity index (χ0) is 18.6. The van der Waals surface area contributed by atoms with Crippen molar-refractivity contribution in [2.45, 2.75) is 25.5 Å². The topological polar surface area (TPSA) is 60.5 Å². The van der Waals surface area contributed by atoms with E-state index in [2.05, 4.69) is 25.5 Å². The number of halogens is 1. The van der Waals surface area contributed by atoms with E-state index in [0.29, 0.717) is 30.7 Å². The van der Waals surface area contributed by atoms with Gasteiger partial charge in [-0.15, -0.1) is 0 Å². The molecule has 1 aliphatic heterocycles. The summed E-state index contributed by atoms with van der Waals surface area (Å²) >= 11 is 3.41. The van der Waals surface area contributed by atoms with Crippen LogP contribution >= 0.6 is 15.9 Å². The van der Waals surface area contributed by atoms with E-state index in [-0.39, 0.29) is 12.5 Å². The van der Waals surface area contributed by atoms with Crippen molar-refractivity contribution in [3.8, 4) is 5.75 Å². The number of imidazole rings is 1. The number of hydrogen-bond acceptors (Lipinski definition) is 4. The van der Waals surface area contributed by atoms with Crippen molar-refractivity contribution >= 4 is 21.8 Å². The molecule has 1 amide bonds. The average molecular weight is 430 g/mol. The number of amides is 1. The summed E-state index contributed by atoms with van der Waals surface area (Å²) in [4.78, 5) is 18.6. The Morgan fingerprint density at radius 2 is 2.11 bits per heavy atom. The normalized spacial score (nSPS) is 15.1. The summed E-state index contributed by atoms with van der Waals surface area (Å²) < 4.78 is 14.5. The summed E-state index contributed by atoms with van der Waals surface area (Å²) in [7, 11) is 0. The van der Waals surface area contributed by atoms with Gasteiger partial charge >= 0.3 is 0 Å². The van der Waals surface area contributed by atoms with Crippen LogP contribution in [0.4, 0.5) is 0 Å². The second kappa shape index (κ2) is 8.00. The lowest BCUT2D eigenvalue weighted by Crippen LogP contribution is -2.38. The van der Waals surface area contributed by atoms with Crippen LogP contribution in [0.5, 0.6) is 5.75 Å². The summed E-state index contributed by atoms with van der Waals surface area (Å²) in [6.45, 7) is 1.71. The molecule has 27 heavy (non-hydrogen) atoms. The molecular weight excluding hydrogens is 410 g/mol. The fraction of sp³-hybridized carbons (Fsp3) is 0.300. The smallest absolute Gasteiger partial charge is 0.289 e. The third kappa shape index (κ3) is 4.24. The number of ether oxygens (including phenoxy) is 1. The zero-order valence-electron chi connectivity index (χ0n) is 14.8. The lowest BCUT2D eigenvalue weighted by atomic mass is 10.0. The Morgan fingerprint density at radius 3 is 2.85 bits per heavy atom. The van der Waals surface area contributed by atoms with Crippen LogP contribution in [0.2, 0.25) is 0 Å². The third-order valence-corrected chi connectivity index (χ3v) is 5.24. The van der Waals surface area contributed by atoms with Gasteiger partial charge in [0.25, 0.3) is 5.91 Å². The number of furan rings is 1. The Balaban J connectivity index is 1.32. The van der Waals surface area contributed by atoms with Gasteiger partial charge in [0.15, 0.2) is 5.76 Å². The van der Waals surface area contributed by atoms with Gasteiger partial charge in [0.05, 0.1) is 6.33 Å². The number of nitrogens with zero attached hydrogens (tertiary/aromatic N) is 3. The van der Waals surface area contributed by atoms with E-state index in [1.54, 1.807) is 18.3 Å². The quantitative estimate of drug-likeness (QED) is 0.606. The molecular formula is C20H20BrN3O3. The summed E-state index contributed by atoms with van der Waals surface area (Å²) in [6.07, 6.45) is 7.44. The van der Waals surface area contributed by atoms with Gasteiger partial charge in [0.1, 0.15) is 18.1 Å². The number of benzene rings is 1. The maximum atomic E-state index is 12.7. The van der Waals surface area contributed by atoms with E-state index in [1.165, 1.54) is 0 Å². The predicted octanol–water partition coefficient (Wildman–Crippen LogP) is 4.29. The minimum Gasteiger partial charge on any atom is -0.486 e. The number of carbonyl (C=O) groups excluding carboxylic acids is 1. The Hall–Kier alpha value is -2.54. The molecule has 0 spiro atoms. The molecule has 4 rings (SSSR count). The number of piperidine rings is 1. The largest absolute Gasteiger partial charge is 0.486 e. The van der Waals surface area contributed by atoms with Crippen LogP contribution in [0.15, 0.2) is 64.0 Å². The van der Waals surface area contributed by atoms with E-state index in [4.69, 9.17) is 9.15 Å². The fourth-order valence-corrected chi connectivity index (χ4v) is 3.67. The van der Waals surface area contributed by atoms with Crippen LogP contribution in [-0.2, 0) is 6.61 Å². The minimum absolute atomic E-state index is 0.0622. The molecule has 7 heteroatoms. The van der Waals surface area contributed by atoms with Crippen molar-refractivity contribution < 1.29 is 13.9 Å². The second-order valence-electron chi connectivity index (χ2n) is 6.55. The first kappa shape index (κ1) is 17.9. The van der Waals surface area contributed by atoms with Crippen molar-refractivity contribution in [1.29, 1.82) is 0 Å². The van der Waals surface area contributed by atoms with Gasteiger partial charge in [-0.2, -0.15) is 0 Å². The van der Waals surface area contributed by atoms with Gasteiger partial charge in [-0.25, -0.2) is 4.98 Å². The van der Waals surface area contributed by atoms with E-state index in [1.807, 2.05) is 41.7 Å². The van der Waals surface area contributed by atoms with Gasteiger partial charge in [-0.3, -0.25) is 4.79 Å². The second-order valence-corrected chi connectivity index (χ2v) is 7.46. The molecule has 0 N–H and O–H groups in total. The average Bonchev–Trinajstić information content (AvgIpc) is 3.38. The van der Waals surface area contributed by atoms with Crippen molar-refractivity contribution in [1.82, 2.24) is 14.5 Å². The molecule has 1 saturated heterocycles. The van der Waals surface area contributed by atoms with Crippen LogP contribution < -0.4 is 4.74 Å². The lowest BCUT2D eigenvalue weighted by molar-refractivity contribution is 0.0658. The highest BCUT2D eigenvalue weighted by molar-refractivity contribution is 9.10. The molecule has 6 nitrogen and oxygen atoms in total. The van der Waals surface area contributed by atoms with Crippen LogP contribution in [-0.4, -0.2) is 33.4 Å². The van der Waals surface area contributed by atoms with Crippen LogP contribution in [0.1, 0.15) is 35.2 Å². The summed E-state index contributed by atoms with van der Waals surface area (Å²) in [5, 5.41) is 0. The Morgan fingerprint density at radius 1 is 1.26 bits per heavy atom. The third-order valence-electron chi connectivity index (χ3n) is 4.75. The van der Waals surface area contributed by atoms with Crippen LogP contribution in [0.3, 0.4) is 0 Å². The molecule has 3 heterocycles. The summed E-state index contributed by atoms with van der Waals surface area (Å²) in [5.41, 5.74) is 0. The number of carbonyl (C=O) groups is 1. The number of rotatable bonds is 5. The first-order valence-corrected chi connectivity index (χ1v) is 9.72. The first-order valence-electron chi connectivity index (χ1n) is 8.93. The van der Waals surface area contributed by atoms with Gasteiger partial charge in [0.2, 0.25) is 0 Å². The van der Waals surface area contributed by atoms with Crippen molar-refractivity contribution in [3.05, 3.63) is 71.1 Å². The maximum absolute atomic E-state index is 12.7. The molecule has 0 radical (unpaired) electrons. The number of hydrogen-bond donors (Lipinski definition) is 0. The fourth-order valence-electron chi connectivity index (χ4n) is 3.29. The molecule has 0 bridgehead atoms. The lowest BCUT2D eigenvalue weighted by Gasteiger charge is -2.32. The van der Waals surface area contributed by atoms with Crippen molar-refractivity contribution in [2.75, 3.05) is 13.1 Å².